The lowest BCUT2D eigenvalue weighted by molar-refractivity contribution is 0.0799. The highest BCUT2D eigenvalue weighted by atomic mass is 32.2. The van der Waals surface area contributed by atoms with E-state index in [1.165, 1.54) is 12.1 Å². The van der Waals surface area contributed by atoms with E-state index in [-0.39, 0.29) is 17.5 Å². The molecule has 114 valence electrons. The molecule has 1 aromatic carbocycles. The molecule has 0 aliphatic carbocycles. The second-order valence-corrected chi connectivity index (χ2v) is 6.38. The Hall–Kier alpha value is -0.950. The molecule has 0 saturated carbocycles. The van der Waals surface area contributed by atoms with E-state index in [1.54, 1.807) is 12.1 Å². The van der Waals surface area contributed by atoms with Gasteiger partial charge in [0.2, 0.25) is 10.0 Å². The van der Waals surface area contributed by atoms with E-state index in [0.717, 1.165) is 0 Å². The highest BCUT2D eigenvalue weighted by Gasteiger charge is 2.17. The number of hydrogen-bond donors (Lipinski definition) is 2. The van der Waals surface area contributed by atoms with Gasteiger partial charge in [-0.05, 0) is 38.0 Å². The molecule has 5 nitrogen and oxygen atoms in total. The zero-order valence-corrected chi connectivity index (χ0v) is 13.0. The second kappa shape index (κ2) is 7.73. The Bertz CT molecular complexity index is 516. The van der Waals surface area contributed by atoms with Gasteiger partial charge in [0.25, 0.3) is 0 Å². The lowest BCUT2D eigenvalue weighted by Crippen LogP contribution is -2.32. The van der Waals surface area contributed by atoms with Crippen LogP contribution in [0.3, 0.4) is 0 Å². The Kier molecular flexibility index (Phi) is 6.61. The summed E-state index contributed by atoms with van der Waals surface area (Å²) in [6, 6.07) is 6.37. The van der Waals surface area contributed by atoms with Gasteiger partial charge in [-0.15, -0.1) is 0 Å². The molecule has 2 unspecified atom stereocenters. The van der Waals surface area contributed by atoms with Crippen molar-refractivity contribution in [2.24, 2.45) is 0 Å². The summed E-state index contributed by atoms with van der Waals surface area (Å²) >= 11 is 0. The topological polar surface area (TPSA) is 75.6 Å². The third-order valence-electron chi connectivity index (χ3n) is 2.95. The Morgan fingerprint density at radius 1 is 1.35 bits per heavy atom. The number of hydrogen-bond acceptors (Lipinski definition) is 4. The van der Waals surface area contributed by atoms with Gasteiger partial charge in [-0.25, -0.2) is 13.1 Å². The molecule has 2 N–H and O–H groups in total. The normalized spacial score (nSPS) is 15.0. The van der Waals surface area contributed by atoms with Crippen molar-refractivity contribution in [1.82, 2.24) is 4.72 Å². The summed E-state index contributed by atoms with van der Waals surface area (Å²) in [5, 5.41) is 9.77. The summed E-state index contributed by atoms with van der Waals surface area (Å²) in [4.78, 5) is 0.159. The predicted octanol–water partition coefficient (Wildman–Crippen LogP) is 1.83. The third kappa shape index (κ3) is 4.86. The maximum absolute atomic E-state index is 12.2. The fraction of sp³-hybridized carbons (Fsp3) is 0.571. The molecule has 0 aromatic heterocycles. The van der Waals surface area contributed by atoms with Gasteiger partial charge in [0.1, 0.15) is 0 Å². The number of aliphatic hydroxyl groups is 1. The molecule has 0 bridgehead atoms. The molecule has 0 aliphatic rings. The lowest BCUT2D eigenvalue weighted by Gasteiger charge is -2.14. The van der Waals surface area contributed by atoms with Crippen molar-refractivity contribution in [3.63, 3.8) is 0 Å². The van der Waals surface area contributed by atoms with E-state index in [9.17, 15) is 13.5 Å². The van der Waals surface area contributed by atoms with Crippen LogP contribution in [0.5, 0.6) is 0 Å². The number of nitrogens with one attached hydrogen (secondary N) is 1. The second-order valence-electron chi connectivity index (χ2n) is 4.61. The van der Waals surface area contributed by atoms with Crippen LogP contribution >= 0.6 is 0 Å². The minimum absolute atomic E-state index is 0.159. The smallest absolute Gasteiger partial charge is 0.240 e. The Labute approximate surface area is 121 Å². The maximum Gasteiger partial charge on any atom is 0.240 e. The molecule has 0 heterocycles. The first-order valence-electron chi connectivity index (χ1n) is 6.80. The fourth-order valence-corrected chi connectivity index (χ4v) is 2.95. The highest BCUT2D eigenvalue weighted by molar-refractivity contribution is 7.89. The van der Waals surface area contributed by atoms with E-state index in [4.69, 9.17) is 4.74 Å². The standard InChI is InChI=1S/C14H23NO4S/c1-4-14(16)12-7-6-8-13(9-12)20(17,18)15-10-11(3)19-5-2/h6-9,11,14-16H,4-5,10H2,1-3H3. The molecule has 0 fully saturated rings. The zero-order valence-electron chi connectivity index (χ0n) is 12.2. The van der Waals surface area contributed by atoms with Crippen LogP contribution in [0.1, 0.15) is 38.9 Å². The minimum atomic E-state index is -3.58. The van der Waals surface area contributed by atoms with Crippen LogP contribution in [0.15, 0.2) is 29.2 Å². The summed E-state index contributed by atoms with van der Waals surface area (Å²) in [5.74, 6) is 0. The Morgan fingerprint density at radius 2 is 2.05 bits per heavy atom. The van der Waals surface area contributed by atoms with Crippen LogP contribution in [-0.4, -0.2) is 32.8 Å². The Balaban J connectivity index is 2.82. The molecule has 0 saturated heterocycles. The van der Waals surface area contributed by atoms with Crippen LogP contribution in [0.25, 0.3) is 0 Å². The molecular weight excluding hydrogens is 278 g/mol. The summed E-state index contributed by atoms with van der Waals surface area (Å²) in [5.41, 5.74) is 0.605. The molecule has 20 heavy (non-hydrogen) atoms. The quantitative estimate of drug-likeness (QED) is 0.768. The summed E-state index contributed by atoms with van der Waals surface area (Å²) in [6.07, 6.45) is -0.287. The number of ether oxygens (including phenoxy) is 1. The Morgan fingerprint density at radius 3 is 2.65 bits per heavy atom. The first kappa shape index (κ1) is 17.1. The van der Waals surface area contributed by atoms with Crippen molar-refractivity contribution in [1.29, 1.82) is 0 Å². The van der Waals surface area contributed by atoms with Gasteiger partial charge in [-0.2, -0.15) is 0 Å². The van der Waals surface area contributed by atoms with Crippen molar-refractivity contribution >= 4 is 10.0 Å². The average Bonchev–Trinajstić information content (AvgIpc) is 2.45. The number of rotatable bonds is 8. The van der Waals surface area contributed by atoms with Gasteiger partial charge < -0.3 is 9.84 Å². The van der Waals surface area contributed by atoms with Crippen molar-refractivity contribution < 1.29 is 18.3 Å². The van der Waals surface area contributed by atoms with E-state index < -0.39 is 16.1 Å². The van der Waals surface area contributed by atoms with Crippen LogP contribution in [0, 0.1) is 0 Å². The average molecular weight is 301 g/mol. The first-order valence-corrected chi connectivity index (χ1v) is 8.28. The highest BCUT2D eigenvalue weighted by Crippen LogP contribution is 2.19. The fourth-order valence-electron chi connectivity index (χ4n) is 1.78. The number of sulfonamides is 1. The SMILES string of the molecule is CCOC(C)CNS(=O)(=O)c1cccc(C(O)CC)c1. The summed E-state index contributed by atoms with van der Waals surface area (Å²) in [6.45, 7) is 6.27. The summed E-state index contributed by atoms with van der Waals surface area (Å²) < 4.78 is 32.1. The van der Waals surface area contributed by atoms with Crippen molar-refractivity contribution in [2.75, 3.05) is 13.2 Å². The monoisotopic (exact) mass is 301 g/mol. The predicted molar refractivity (Wildman–Crippen MR) is 78.0 cm³/mol. The van der Waals surface area contributed by atoms with E-state index in [1.807, 2.05) is 20.8 Å². The maximum atomic E-state index is 12.2. The van der Waals surface area contributed by atoms with Gasteiger partial charge in [-0.3, -0.25) is 0 Å². The van der Waals surface area contributed by atoms with Crippen LogP contribution < -0.4 is 4.72 Å². The van der Waals surface area contributed by atoms with E-state index >= 15 is 0 Å². The van der Waals surface area contributed by atoms with Crippen LogP contribution in [-0.2, 0) is 14.8 Å². The van der Waals surface area contributed by atoms with Crippen LogP contribution in [0.4, 0.5) is 0 Å². The van der Waals surface area contributed by atoms with Gasteiger partial charge >= 0.3 is 0 Å². The van der Waals surface area contributed by atoms with Crippen molar-refractivity contribution in [2.45, 2.75) is 44.3 Å². The first-order chi connectivity index (χ1) is 9.40. The largest absolute Gasteiger partial charge is 0.388 e. The molecule has 0 radical (unpaired) electrons. The molecule has 1 rings (SSSR count). The lowest BCUT2D eigenvalue weighted by atomic mass is 10.1. The minimum Gasteiger partial charge on any atom is -0.388 e. The van der Waals surface area contributed by atoms with Crippen molar-refractivity contribution in [3.8, 4) is 0 Å². The molecule has 0 aliphatic heterocycles. The molecular formula is C14H23NO4S. The van der Waals surface area contributed by atoms with Gasteiger partial charge in [0.05, 0.1) is 17.1 Å². The molecule has 0 spiro atoms. The summed E-state index contributed by atoms with van der Waals surface area (Å²) in [7, 11) is -3.58. The van der Waals surface area contributed by atoms with Crippen LogP contribution in [0.2, 0.25) is 0 Å². The molecule has 1 aromatic rings. The number of benzene rings is 1. The number of aliphatic hydroxyl groups excluding tert-OH is 1. The van der Waals surface area contributed by atoms with Crippen molar-refractivity contribution in [3.05, 3.63) is 29.8 Å². The van der Waals surface area contributed by atoms with Gasteiger partial charge in [0, 0.05) is 13.2 Å². The zero-order chi connectivity index (χ0) is 15.2. The molecule has 2 atom stereocenters. The van der Waals surface area contributed by atoms with Gasteiger partial charge in [0.15, 0.2) is 0 Å². The molecule has 0 amide bonds. The van der Waals surface area contributed by atoms with E-state index in [2.05, 4.69) is 4.72 Å². The third-order valence-corrected chi connectivity index (χ3v) is 4.37. The molecule has 6 heteroatoms. The van der Waals surface area contributed by atoms with Gasteiger partial charge in [-0.1, -0.05) is 19.1 Å². The van der Waals surface area contributed by atoms with E-state index in [0.29, 0.717) is 18.6 Å².